The number of methoxy groups -OCH3 is 1. The molecule has 4 rings (SSSR count). The van der Waals surface area contributed by atoms with E-state index in [1.54, 1.807) is 31.0 Å². The molecule has 0 radical (unpaired) electrons. The first-order chi connectivity index (χ1) is 18.0. The predicted octanol–water partition coefficient (Wildman–Crippen LogP) is 6.40. The van der Waals surface area contributed by atoms with Crippen molar-refractivity contribution < 1.29 is 9.53 Å². The molecule has 0 aliphatic heterocycles. The van der Waals surface area contributed by atoms with Gasteiger partial charge in [0.2, 0.25) is 5.91 Å². The Bertz CT molecular complexity index is 1310. The number of halogens is 2. The number of benzene rings is 3. The van der Waals surface area contributed by atoms with Crippen LogP contribution >= 0.6 is 35.0 Å². The molecule has 0 aliphatic rings. The lowest BCUT2D eigenvalue weighted by atomic mass is 10.1. The van der Waals surface area contributed by atoms with E-state index in [4.69, 9.17) is 27.9 Å². The van der Waals surface area contributed by atoms with Gasteiger partial charge in [-0.25, -0.2) is 0 Å². The third-order valence-corrected chi connectivity index (χ3v) is 7.35. The largest absolute Gasteiger partial charge is 0.497 e. The molecule has 9 heteroatoms. The number of carbonyl (C=O) groups is 1. The summed E-state index contributed by atoms with van der Waals surface area (Å²) in [5, 5.41) is 13.9. The normalized spacial score (nSPS) is 10.9. The van der Waals surface area contributed by atoms with Crippen molar-refractivity contribution in [2.45, 2.75) is 30.8 Å². The summed E-state index contributed by atoms with van der Waals surface area (Å²) in [5.41, 5.74) is 3.10. The summed E-state index contributed by atoms with van der Waals surface area (Å²) in [5.74, 6) is 2.42. The molecule has 4 aromatic rings. The summed E-state index contributed by atoms with van der Waals surface area (Å²) in [6.45, 7) is 0.530. The number of aromatic nitrogens is 3. The molecule has 37 heavy (non-hydrogen) atoms. The number of carbonyl (C=O) groups excluding carboxylic acids is 1. The highest BCUT2D eigenvalue weighted by Gasteiger charge is 2.15. The summed E-state index contributed by atoms with van der Waals surface area (Å²) in [4.78, 5) is 12.3. The van der Waals surface area contributed by atoms with Gasteiger partial charge in [0.15, 0.2) is 5.16 Å². The van der Waals surface area contributed by atoms with Crippen molar-refractivity contribution in [2.75, 3.05) is 19.4 Å². The highest BCUT2D eigenvalue weighted by atomic mass is 35.5. The molecule has 0 aliphatic carbocycles. The molecule has 192 valence electrons. The molecule has 0 unspecified atom stereocenters. The summed E-state index contributed by atoms with van der Waals surface area (Å²) in [7, 11) is 1.65. The molecule has 0 fully saturated rings. The summed E-state index contributed by atoms with van der Waals surface area (Å²) < 4.78 is 7.39. The van der Waals surface area contributed by atoms with Gasteiger partial charge in [0.1, 0.15) is 11.6 Å². The highest BCUT2D eigenvalue weighted by molar-refractivity contribution is 7.99. The van der Waals surface area contributed by atoms with Gasteiger partial charge in [0, 0.05) is 40.9 Å². The first-order valence-corrected chi connectivity index (χ1v) is 13.7. The Morgan fingerprint density at radius 1 is 1.03 bits per heavy atom. The van der Waals surface area contributed by atoms with Crippen molar-refractivity contribution in [3.8, 4) is 11.4 Å². The average Bonchev–Trinajstić information content (AvgIpc) is 3.30. The second kappa shape index (κ2) is 13.5. The van der Waals surface area contributed by atoms with Gasteiger partial charge >= 0.3 is 0 Å². The first-order valence-electron chi connectivity index (χ1n) is 12.0. The lowest BCUT2D eigenvalue weighted by Gasteiger charge is -2.11. The van der Waals surface area contributed by atoms with Crippen molar-refractivity contribution >= 4 is 40.9 Å². The van der Waals surface area contributed by atoms with Gasteiger partial charge in [-0.15, -0.1) is 10.2 Å². The van der Waals surface area contributed by atoms with E-state index in [9.17, 15) is 4.79 Å². The van der Waals surface area contributed by atoms with Crippen LogP contribution < -0.4 is 10.1 Å². The fourth-order valence-electron chi connectivity index (χ4n) is 3.82. The van der Waals surface area contributed by atoms with Crippen LogP contribution in [0.25, 0.3) is 5.69 Å². The van der Waals surface area contributed by atoms with E-state index in [-0.39, 0.29) is 5.91 Å². The van der Waals surface area contributed by atoms with Crippen LogP contribution in [0.2, 0.25) is 10.0 Å². The zero-order valence-electron chi connectivity index (χ0n) is 20.5. The summed E-state index contributed by atoms with van der Waals surface area (Å²) in [6.07, 6.45) is 2.49. The molecule has 0 saturated carbocycles. The van der Waals surface area contributed by atoms with Crippen LogP contribution in [0.1, 0.15) is 29.8 Å². The fourth-order valence-corrected chi connectivity index (χ4v) is 5.24. The van der Waals surface area contributed by atoms with E-state index < -0.39 is 0 Å². The Balaban J connectivity index is 1.32. The fraction of sp³-hybridized carbons (Fsp3) is 0.250. The Labute approximate surface area is 231 Å². The molecule has 1 amide bonds. The topological polar surface area (TPSA) is 69.0 Å². The van der Waals surface area contributed by atoms with Crippen molar-refractivity contribution in [2.24, 2.45) is 0 Å². The molecule has 1 aromatic heterocycles. The quantitative estimate of drug-likeness (QED) is 0.162. The highest BCUT2D eigenvalue weighted by Crippen LogP contribution is 2.26. The van der Waals surface area contributed by atoms with E-state index in [1.165, 1.54) is 0 Å². The average molecular weight is 556 g/mol. The number of ether oxygens (including phenoxy) is 1. The van der Waals surface area contributed by atoms with Crippen molar-refractivity contribution in [3.63, 3.8) is 0 Å². The maximum Gasteiger partial charge on any atom is 0.220 e. The first kappa shape index (κ1) is 27.0. The number of thioether (sulfide) groups is 1. The van der Waals surface area contributed by atoms with Crippen LogP contribution in [0.4, 0.5) is 0 Å². The molecule has 0 saturated heterocycles. The van der Waals surface area contributed by atoms with Crippen LogP contribution in [0.15, 0.2) is 78.0 Å². The van der Waals surface area contributed by atoms with Gasteiger partial charge in [-0.05, 0) is 60.4 Å². The minimum atomic E-state index is 0.0204. The maximum absolute atomic E-state index is 12.3. The van der Waals surface area contributed by atoms with E-state index in [1.807, 2.05) is 48.5 Å². The number of rotatable bonds is 12. The Morgan fingerprint density at radius 3 is 2.54 bits per heavy atom. The number of amides is 1. The van der Waals surface area contributed by atoms with E-state index in [0.717, 1.165) is 45.7 Å². The number of nitrogens with one attached hydrogen (secondary N) is 1. The smallest absolute Gasteiger partial charge is 0.220 e. The van der Waals surface area contributed by atoms with E-state index in [2.05, 4.69) is 32.2 Å². The van der Waals surface area contributed by atoms with E-state index >= 15 is 0 Å². The van der Waals surface area contributed by atoms with Gasteiger partial charge < -0.3 is 10.1 Å². The van der Waals surface area contributed by atoms with E-state index in [0.29, 0.717) is 35.9 Å². The zero-order valence-corrected chi connectivity index (χ0v) is 22.8. The minimum Gasteiger partial charge on any atom is -0.497 e. The van der Waals surface area contributed by atoms with Crippen LogP contribution in [0, 0.1) is 0 Å². The lowest BCUT2D eigenvalue weighted by molar-refractivity contribution is -0.121. The second-order valence-corrected chi connectivity index (χ2v) is 10.3. The minimum absolute atomic E-state index is 0.0204. The molecule has 3 aromatic carbocycles. The van der Waals surface area contributed by atoms with Gasteiger partial charge in [-0.3, -0.25) is 9.36 Å². The molecule has 0 spiro atoms. The lowest BCUT2D eigenvalue weighted by Crippen LogP contribution is -2.25. The third kappa shape index (κ3) is 7.74. The molecule has 0 atom stereocenters. The molecule has 1 heterocycles. The number of hydrogen-bond donors (Lipinski definition) is 1. The molecular weight excluding hydrogens is 527 g/mol. The zero-order chi connectivity index (χ0) is 26.0. The van der Waals surface area contributed by atoms with Crippen LogP contribution in [-0.4, -0.2) is 40.1 Å². The van der Waals surface area contributed by atoms with Gasteiger partial charge in [0.05, 0.1) is 7.11 Å². The van der Waals surface area contributed by atoms with Gasteiger partial charge in [-0.2, -0.15) is 0 Å². The SMILES string of the molecule is COc1ccc(-n2c(Cc3ccccc3)nnc2SCCCC(=O)NCCc2ccc(Cl)cc2Cl)cc1. The molecular formula is C28H28Cl2N4O2S. The van der Waals surface area contributed by atoms with Crippen LogP contribution in [0.5, 0.6) is 5.75 Å². The second-order valence-electron chi connectivity index (χ2n) is 8.38. The molecule has 6 nitrogen and oxygen atoms in total. The predicted molar refractivity (Wildman–Crippen MR) is 150 cm³/mol. The van der Waals surface area contributed by atoms with Gasteiger partial charge in [0.25, 0.3) is 0 Å². The Kier molecular flexibility index (Phi) is 9.88. The maximum atomic E-state index is 12.3. The molecule has 1 N–H and O–H groups in total. The van der Waals surface area contributed by atoms with Crippen LogP contribution in [-0.2, 0) is 17.6 Å². The number of nitrogens with zero attached hydrogens (tertiary/aromatic N) is 3. The summed E-state index contributed by atoms with van der Waals surface area (Å²) in [6, 6.07) is 23.5. The molecule has 0 bridgehead atoms. The Hall–Kier alpha value is -3.00. The van der Waals surface area contributed by atoms with Crippen molar-refractivity contribution in [1.29, 1.82) is 0 Å². The monoisotopic (exact) mass is 554 g/mol. The number of hydrogen-bond acceptors (Lipinski definition) is 5. The Morgan fingerprint density at radius 2 is 1.81 bits per heavy atom. The third-order valence-electron chi connectivity index (χ3n) is 5.75. The van der Waals surface area contributed by atoms with Crippen molar-refractivity contribution in [3.05, 3.63) is 99.8 Å². The van der Waals surface area contributed by atoms with Gasteiger partial charge in [-0.1, -0.05) is 71.4 Å². The standard InChI is InChI=1S/C28H28Cl2N4O2S/c1-36-24-13-11-23(12-14-24)34-26(18-20-6-3-2-4-7-20)32-33-28(34)37-17-5-8-27(35)31-16-15-21-9-10-22(29)19-25(21)30/h2-4,6-7,9-14,19H,5,8,15-18H2,1H3,(H,31,35). The van der Waals surface area contributed by atoms with Crippen LogP contribution in [0.3, 0.4) is 0 Å². The van der Waals surface area contributed by atoms with Crippen molar-refractivity contribution in [1.82, 2.24) is 20.1 Å². The summed E-state index contributed by atoms with van der Waals surface area (Å²) >= 11 is 13.7.